The first-order valence-electron chi connectivity index (χ1n) is 7.65. The van der Waals surface area contributed by atoms with E-state index in [2.05, 4.69) is 20.8 Å². The van der Waals surface area contributed by atoms with Crippen LogP contribution in [-0.4, -0.2) is 34.2 Å². The number of nitrogens with two attached hydrogens (primary N) is 2. The molecule has 6 nitrogen and oxygen atoms in total. The summed E-state index contributed by atoms with van der Waals surface area (Å²) < 4.78 is 0. The summed E-state index contributed by atoms with van der Waals surface area (Å²) in [5, 5.41) is 17.0. The van der Waals surface area contributed by atoms with E-state index < -0.39 is 11.9 Å². The molecule has 0 aromatic heterocycles. The van der Waals surface area contributed by atoms with Crippen LogP contribution in [0.25, 0.3) is 0 Å². The third kappa shape index (κ3) is 8.95. The van der Waals surface area contributed by atoms with Gasteiger partial charge in [0.25, 0.3) is 0 Å². The van der Waals surface area contributed by atoms with Crippen molar-refractivity contribution in [3.8, 4) is 0 Å². The molecule has 0 radical (unpaired) electrons. The Morgan fingerprint density at radius 1 is 1.13 bits per heavy atom. The van der Waals surface area contributed by atoms with Crippen LogP contribution in [-0.2, 0) is 0 Å². The molecule has 0 heterocycles. The third-order valence-electron chi connectivity index (χ3n) is 3.72. The van der Waals surface area contributed by atoms with Crippen LogP contribution in [0.15, 0.2) is 24.3 Å². The minimum atomic E-state index is -1.13. The van der Waals surface area contributed by atoms with Crippen LogP contribution in [0.2, 0.25) is 0 Å². The van der Waals surface area contributed by atoms with Gasteiger partial charge in [-0.05, 0) is 57.4 Å². The van der Waals surface area contributed by atoms with Gasteiger partial charge in [0.1, 0.15) is 0 Å². The van der Waals surface area contributed by atoms with Crippen molar-refractivity contribution < 1.29 is 19.8 Å². The van der Waals surface area contributed by atoms with E-state index >= 15 is 0 Å². The summed E-state index contributed by atoms with van der Waals surface area (Å²) in [6.07, 6.45) is 3.53. The Morgan fingerprint density at radius 3 is 1.96 bits per heavy atom. The molecule has 130 valence electrons. The van der Waals surface area contributed by atoms with Gasteiger partial charge in [-0.15, -0.1) is 0 Å². The minimum Gasteiger partial charge on any atom is -0.478 e. The van der Waals surface area contributed by atoms with Gasteiger partial charge in [0.05, 0.1) is 11.1 Å². The van der Waals surface area contributed by atoms with Crippen LogP contribution in [0.4, 0.5) is 0 Å². The van der Waals surface area contributed by atoms with Crippen molar-refractivity contribution in [2.75, 3.05) is 6.54 Å². The Kier molecular flexibility index (Phi) is 9.14. The van der Waals surface area contributed by atoms with E-state index in [1.165, 1.54) is 31.0 Å². The van der Waals surface area contributed by atoms with Crippen molar-refractivity contribution in [2.45, 2.75) is 45.6 Å². The first-order valence-corrected chi connectivity index (χ1v) is 7.65. The lowest BCUT2D eigenvalue weighted by Crippen LogP contribution is -2.39. The van der Waals surface area contributed by atoms with Crippen molar-refractivity contribution in [2.24, 2.45) is 17.4 Å². The van der Waals surface area contributed by atoms with E-state index in [0.29, 0.717) is 5.92 Å². The highest BCUT2D eigenvalue weighted by Gasteiger charge is 2.19. The van der Waals surface area contributed by atoms with Gasteiger partial charge in [0.15, 0.2) is 0 Å². The zero-order valence-corrected chi connectivity index (χ0v) is 14.1. The van der Waals surface area contributed by atoms with Crippen molar-refractivity contribution in [3.63, 3.8) is 0 Å². The SMILES string of the molecule is CC(CCCCN)C(C)(C)N.O=C(O)c1cccc(C(=O)O)c1. The lowest BCUT2D eigenvalue weighted by atomic mass is 9.86. The average Bonchev–Trinajstić information content (AvgIpc) is 2.47. The second-order valence-corrected chi connectivity index (χ2v) is 6.20. The predicted octanol–water partition coefficient (Wildman–Crippen LogP) is 2.57. The summed E-state index contributed by atoms with van der Waals surface area (Å²) in [6.45, 7) is 7.18. The van der Waals surface area contributed by atoms with Gasteiger partial charge >= 0.3 is 11.9 Å². The van der Waals surface area contributed by atoms with Crippen molar-refractivity contribution in [1.82, 2.24) is 0 Å². The second kappa shape index (κ2) is 9.97. The monoisotopic (exact) mass is 324 g/mol. The first kappa shape index (κ1) is 21.1. The Hall–Kier alpha value is -1.92. The molecule has 0 aliphatic heterocycles. The van der Waals surface area contributed by atoms with Crippen molar-refractivity contribution >= 4 is 11.9 Å². The molecular formula is C17H28N2O4. The number of carboxylic acids is 2. The lowest BCUT2D eigenvalue weighted by Gasteiger charge is -2.27. The first-order chi connectivity index (χ1) is 10.6. The molecule has 1 unspecified atom stereocenters. The van der Waals surface area contributed by atoms with Crippen LogP contribution in [0.1, 0.15) is 60.7 Å². The summed E-state index contributed by atoms with van der Waals surface area (Å²) in [5.41, 5.74) is 11.3. The number of unbranched alkanes of at least 4 members (excludes halogenated alkanes) is 1. The van der Waals surface area contributed by atoms with Crippen LogP contribution in [0.3, 0.4) is 0 Å². The number of rotatable bonds is 7. The fourth-order valence-corrected chi connectivity index (χ4v) is 1.75. The highest BCUT2D eigenvalue weighted by Crippen LogP contribution is 2.18. The molecule has 0 saturated carbocycles. The zero-order chi connectivity index (χ0) is 18.0. The van der Waals surface area contributed by atoms with Gasteiger partial charge < -0.3 is 21.7 Å². The van der Waals surface area contributed by atoms with E-state index in [0.717, 1.165) is 19.0 Å². The van der Waals surface area contributed by atoms with Gasteiger partial charge in [-0.25, -0.2) is 9.59 Å². The van der Waals surface area contributed by atoms with E-state index in [1.807, 2.05) is 0 Å². The second-order valence-electron chi connectivity index (χ2n) is 6.20. The summed E-state index contributed by atoms with van der Waals surface area (Å²) in [4.78, 5) is 20.8. The topological polar surface area (TPSA) is 127 Å². The molecule has 0 aliphatic carbocycles. The molecule has 6 heteroatoms. The molecule has 0 amide bonds. The maximum absolute atomic E-state index is 10.4. The van der Waals surface area contributed by atoms with Crippen LogP contribution in [0.5, 0.6) is 0 Å². The fraction of sp³-hybridized carbons (Fsp3) is 0.529. The molecule has 0 aliphatic rings. The van der Waals surface area contributed by atoms with Gasteiger partial charge in [0.2, 0.25) is 0 Å². The van der Waals surface area contributed by atoms with Gasteiger partial charge in [-0.3, -0.25) is 0 Å². The molecular weight excluding hydrogens is 296 g/mol. The highest BCUT2D eigenvalue weighted by molar-refractivity contribution is 5.93. The zero-order valence-electron chi connectivity index (χ0n) is 14.1. The Morgan fingerprint density at radius 2 is 1.61 bits per heavy atom. The van der Waals surface area contributed by atoms with Crippen molar-refractivity contribution in [3.05, 3.63) is 35.4 Å². The predicted molar refractivity (Wildman–Crippen MR) is 90.7 cm³/mol. The summed E-state index contributed by atoms with van der Waals surface area (Å²) in [7, 11) is 0. The number of hydrogen-bond donors (Lipinski definition) is 4. The number of aromatic carboxylic acids is 2. The summed E-state index contributed by atoms with van der Waals surface area (Å²) >= 11 is 0. The summed E-state index contributed by atoms with van der Waals surface area (Å²) in [6, 6.07) is 5.20. The fourth-order valence-electron chi connectivity index (χ4n) is 1.75. The van der Waals surface area contributed by atoms with E-state index in [1.54, 1.807) is 0 Å². The minimum absolute atomic E-state index is 0.0186. The quantitative estimate of drug-likeness (QED) is 0.571. The highest BCUT2D eigenvalue weighted by atomic mass is 16.4. The molecule has 1 aromatic rings. The number of carboxylic acid groups (broad SMARTS) is 2. The lowest BCUT2D eigenvalue weighted by molar-refractivity contribution is 0.0696. The molecule has 6 N–H and O–H groups in total. The smallest absolute Gasteiger partial charge is 0.335 e. The Labute approximate surface area is 137 Å². The number of hydrogen-bond acceptors (Lipinski definition) is 4. The molecule has 0 saturated heterocycles. The summed E-state index contributed by atoms with van der Waals surface area (Å²) in [5.74, 6) is -1.66. The standard InChI is InChI=1S/C9H22N2.C8H6O4/c1-8(9(2,3)11)6-4-5-7-10;9-7(10)5-2-1-3-6(4-5)8(11)12/h8H,4-7,10-11H2,1-3H3;1-4H,(H,9,10)(H,11,12). The molecule has 1 rings (SSSR count). The number of benzene rings is 1. The average molecular weight is 324 g/mol. The maximum Gasteiger partial charge on any atom is 0.335 e. The Balaban J connectivity index is 0.000000423. The molecule has 0 fully saturated rings. The number of carbonyl (C=O) groups is 2. The normalized spacial score (nSPS) is 12.0. The molecule has 0 bridgehead atoms. The van der Waals surface area contributed by atoms with E-state index in [9.17, 15) is 9.59 Å². The van der Waals surface area contributed by atoms with Gasteiger partial charge in [-0.2, -0.15) is 0 Å². The maximum atomic E-state index is 10.4. The van der Waals surface area contributed by atoms with E-state index in [-0.39, 0.29) is 16.7 Å². The third-order valence-corrected chi connectivity index (χ3v) is 3.72. The Bertz CT molecular complexity index is 480. The molecule has 0 spiro atoms. The molecule has 1 aromatic carbocycles. The van der Waals surface area contributed by atoms with E-state index in [4.69, 9.17) is 21.7 Å². The largest absolute Gasteiger partial charge is 0.478 e. The molecule has 1 atom stereocenters. The van der Waals surface area contributed by atoms with Gasteiger partial charge in [0, 0.05) is 5.54 Å². The molecule has 23 heavy (non-hydrogen) atoms. The van der Waals surface area contributed by atoms with Crippen LogP contribution >= 0.6 is 0 Å². The van der Waals surface area contributed by atoms with Crippen LogP contribution in [0, 0.1) is 5.92 Å². The van der Waals surface area contributed by atoms with Gasteiger partial charge in [-0.1, -0.05) is 19.4 Å². The van der Waals surface area contributed by atoms with Crippen molar-refractivity contribution in [1.29, 1.82) is 0 Å². The van der Waals surface area contributed by atoms with Crippen LogP contribution < -0.4 is 11.5 Å².